The number of benzene rings is 1. The van der Waals surface area contributed by atoms with Crippen molar-refractivity contribution in [1.29, 1.82) is 0 Å². The lowest BCUT2D eigenvalue weighted by Crippen LogP contribution is -2.01. The molecule has 0 aliphatic carbocycles. The highest BCUT2D eigenvalue weighted by atomic mass is 16.3. The molecular weight excluding hydrogens is 212 g/mol. The summed E-state index contributed by atoms with van der Waals surface area (Å²) in [4.78, 5) is 0. The zero-order valence-corrected chi connectivity index (χ0v) is 10.3. The minimum Gasteiger partial charge on any atom is -0.469 e. The number of hydrogen-bond acceptors (Lipinski definition) is 2. The summed E-state index contributed by atoms with van der Waals surface area (Å²) in [5.41, 5.74) is 3.39. The van der Waals surface area contributed by atoms with Crippen LogP contribution in [0.4, 0.5) is 0 Å². The Morgan fingerprint density at radius 3 is 2.71 bits per heavy atom. The van der Waals surface area contributed by atoms with Gasteiger partial charge in [0.25, 0.3) is 0 Å². The maximum atomic E-state index is 10.1. The molecule has 0 fully saturated rings. The monoisotopic (exact) mass is 230 g/mol. The Balaban J connectivity index is 2.01. The van der Waals surface area contributed by atoms with Crippen LogP contribution in [0.2, 0.25) is 0 Å². The average Bonchev–Trinajstić information content (AvgIpc) is 2.78. The number of rotatable bonds is 4. The third kappa shape index (κ3) is 2.98. The number of aryl methyl sites for hydroxylation is 3. The molecule has 90 valence electrons. The highest BCUT2D eigenvalue weighted by molar-refractivity contribution is 5.32. The van der Waals surface area contributed by atoms with Crippen LogP contribution in [-0.2, 0) is 6.42 Å². The Morgan fingerprint density at radius 1 is 1.24 bits per heavy atom. The highest BCUT2D eigenvalue weighted by Crippen LogP contribution is 2.23. The molecule has 17 heavy (non-hydrogen) atoms. The fraction of sp³-hybridized carbons (Fsp3) is 0.333. The molecule has 1 N–H and O–H groups in total. The predicted octanol–water partition coefficient (Wildman–Crippen LogP) is 3.56. The third-order valence-corrected chi connectivity index (χ3v) is 3.03. The van der Waals surface area contributed by atoms with Gasteiger partial charge in [-0.1, -0.05) is 23.8 Å². The largest absolute Gasteiger partial charge is 0.469 e. The molecule has 2 nitrogen and oxygen atoms in total. The van der Waals surface area contributed by atoms with Gasteiger partial charge in [-0.25, -0.2) is 0 Å². The normalized spacial score (nSPS) is 12.6. The van der Waals surface area contributed by atoms with Crippen molar-refractivity contribution >= 4 is 0 Å². The molecule has 1 heterocycles. The summed E-state index contributed by atoms with van der Waals surface area (Å²) in [5.74, 6) is 0.925. The molecule has 1 aromatic carbocycles. The van der Waals surface area contributed by atoms with Crippen LogP contribution in [0.1, 0.15) is 35.0 Å². The van der Waals surface area contributed by atoms with E-state index in [1.807, 2.05) is 31.2 Å². The van der Waals surface area contributed by atoms with Crippen molar-refractivity contribution in [3.63, 3.8) is 0 Å². The van der Waals surface area contributed by atoms with Crippen LogP contribution in [-0.4, -0.2) is 5.11 Å². The van der Waals surface area contributed by atoms with Crippen molar-refractivity contribution in [2.45, 2.75) is 32.8 Å². The molecule has 0 saturated heterocycles. The number of furan rings is 1. The van der Waals surface area contributed by atoms with Crippen LogP contribution in [0.3, 0.4) is 0 Å². The SMILES string of the molecule is Cc1ccc([C@@H](O)CCc2ccco2)c(C)c1. The van der Waals surface area contributed by atoms with E-state index >= 15 is 0 Å². The standard InChI is InChI=1S/C15H18O2/c1-11-5-7-14(12(2)10-11)15(16)8-6-13-4-3-9-17-13/h3-5,7,9-10,15-16H,6,8H2,1-2H3/t15-/m0/s1. The van der Waals surface area contributed by atoms with E-state index in [-0.39, 0.29) is 0 Å². The van der Waals surface area contributed by atoms with Crippen LogP contribution < -0.4 is 0 Å². The first kappa shape index (κ1) is 11.9. The molecule has 0 spiro atoms. The van der Waals surface area contributed by atoms with Gasteiger partial charge >= 0.3 is 0 Å². The van der Waals surface area contributed by atoms with E-state index in [0.29, 0.717) is 6.42 Å². The van der Waals surface area contributed by atoms with Crippen molar-refractivity contribution in [2.75, 3.05) is 0 Å². The fourth-order valence-electron chi connectivity index (χ4n) is 2.09. The molecule has 2 rings (SSSR count). The predicted molar refractivity (Wildman–Crippen MR) is 67.9 cm³/mol. The van der Waals surface area contributed by atoms with Crippen LogP contribution >= 0.6 is 0 Å². The van der Waals surface area contributed by atoms with Gasteiger partial charge in [0.05, 0.1) is 12.4 Å². The van der Waals surface area contributed by atoms with Gasteiger partial charge in [-0.15, -0.1) is 0 Å². The number of aliphatic hydroxyl groups is 1. The lowest BCUT2D eigenvalue weighted by molar-refractivity contribution is 0.164. The summed E-state index contributed by atoms with van der Waals surface area (Å²) >= 11 is 0. The molecule has 0 aliphatic rings. The van der Waals surface area contributed by atoms with Gasteiger partial charge in [-0.2, -0.15) is 0 Å². The first-order valence-corrected chi connectivity index (χ1v) is 5.94. The maximum Gasteiger partial charge on any atom is 0.103 e. The average molecular weight is 230 g/mol. The third-order valence-electron chi connectivity index (χ3n) is 3.03. The lowest BCUT2D eigenvalue weighted by atomic mass is 9.98. The van der Waals surface area contributed by atoms with Gasteiger partial charge in [0.1, 0.15) is 5.76 Å². The molecule has 0 saturated carbocycles. The Morgan fingerprint density at radius 2 is 2.06 bits per heavy atom. The minimum absolute atomic E-state index is 0.416. The Bertz CT molecular complexity index is 472. The van der Waals surface area contributed by atoms with E-state index in [0.717, 1.165) is 23.3 Å². The van der Waals surface area contributed by atoms with E-state index in [1.165, 1.54) is 5.56 Å². The molecule has 1 atom stereocenters. The second-order valence-electron chi connectivity index (χ2n) is 4.49. The fourth-order valence-corrected chi connectivity index (χ4v) is 2.09. The summed E-state index contributed by atoms with van der Waals surface area (Å²) in [6.07, 6.45) is 2.71. The van der Waals surface area contributed by atoms with Gasteiger partial charge in [-0.3, -0.25) is 0 Å². The van der Waals surface area contributed by atoms with Gasteiger partial charge in [0.2, 0.25) is 0 Å². The van der Waals surface area contributed by atoms with Crippen LogP contribution in [0.25, 0.3) is 0 Å². The van der Waals surface area contributed by atoms with Gasteiger partial charge < -0.3 is 9.52 Å². The highest BCUT2D eigenvalue weighted by Gasteiger charge is 2.11. The second-order valence-corrected chi connectivity index (χ2v) is 4.49. The van der Waals surface area contributed by atoms with Gasteiger partial charge in [0.15, 0.2) is 0 Å². The van der Waals surface area contributed by atoms with E-state index in [1.54, 1.807) is 6.26 Å². The molecule has 0 amide bonds. The Labute approximate surface area is 102 Å². The quantitative estimate of drug-likeness (QED) is 0.871. The molecule has 0 bridgehead atoms. The summed E-state index contributed by atoms with van der Waals surface area (Å²) in [6, 6.07) is 9.97. The van der Waals surface area contributed by atoms with Crippen LogP contribution in [0, 0.1) is 13.8 Å². The van der Waals surface area contributed by atoms with Crippen molar-refractivity contribution in [3.8, 4) is 0 Å². The molecule has 2 aromatic rings. The molecule has 2 heteroatoms. The molecule has 1 aromatic heterocycles. The summed E-state index contributed by atoms with van der Waals surface area (Å²) in [5, 5.41) is 10.1. The summed E-state index contributed by atoms with van der Waals surface area (Å²) in [6.45, 7) is 4.10. The van der Waals surface area contributed by atoms with Crippen molar-refractivity contribution in [1.82, 2.24) is 0 Å². The zero-order chi connectivity index (χ0) is 12.3. The van der Waals surface area contributed by atoms with E-state index in [9.17, 15) is 5.11 Å². The molecule has 0 radical (unpaired) electrons. The Hall–Kier alpha value is -1.54. The lowest BCUT2D eigenvalue weighted by Gasteiger charge is -2.13. The van der Waals surface area contributed by atoms with Crippen molar-refractivity contribution in [2.24, 2.45) is 0 Å². The minimum atomic E-state index is -0.416. The Kier molecular flexibility index (Phi) is 3.64. The first-order valence-electron chi connectivity index (χ1n) is 5.94. The summed E-state index contributed by atoms with van der Waals surface area (Å²) < 4.78 is 5.26. The molecule has 0 unspecified atom stereocenters. The topological polar surface area (TPSA) is 33.4 Å². The molecule has 0 aliphatic heterocycles. The molecular formula is C15H18O2. The zero-order valence-electron chi connectivity index (χ0n) is 10.3. The van der Waals surface area contributed by atoms with Crippen LogP contribution in [0.5, 0.6) is 0 Å². The van der Waals surface area contributed by atoms with E-state index in [4.69, 9.17) is 4.42 Å². The van der Waals surface area contributed by atoms with Crippen LogP contribution in [0.15, 0.2) is 41.0 Å². The van der Waals surface area contributed by atoms with E-state index < -0.39 is 6.10 Å². The second kappa shape index (κ2) is 5.19. The van der Waals surface area contributed by atoms with Gasteiger partial charge in [-0.05, 0) is 43.5 Å². The van der Waals surface area contributed by atoms with Crippen molar-refractivity contribution < 1.29 is 9.52 Å². The van der Waals surface area contributed by atoms with Crippen molar-refractivity contribution in [3.05, 3.63) is 59.0 Å². The summed E-state index contributed by atoms with van der Waals surface area (Å²) in [7, 11) is 0. The number of hydrogen-bond donors (Lipinski definition) is 1. The number of aliphatic hydroxyl groups excluding tert-OH is 1. The van der Waals surface area contributed by atoms with E-state index in [2.05, 4.69) is 13.0 Å². The smallest absolute Gasteiger partial charge is 0.103 e. The first-order chi connectivity index (χ1) is 8.16. The maximum absolute atomic E-state index is 10.1. The van der Waals surface area contributed by atoms with Gasteiger partial charge in [0, 0.05) is 6.42 Å².